The monoisotopic (exact) mass is 253 g/mol. The van der Waals surface area contributed by atoms with E-state index in [1.54, 1.807) is 18.4 Å². The van der Waals surface area contributed by atoms with Crippen molar-refractivity contribution >= 4 is 16.3 Å². The third-order valence-electron chi connectivity index (χ3n) is 2.96. The van der Waals surface area contributed by atoms with Crippen LogP contribution in [0.3, 0.4) is 0 Å². The Kier molecular flexibility index (Phi) is 3.51. The molecule has 0 fully saturated rings. The first-order chi connectivity index (χ1) is 8.03. The minimum Gasteiger partial charge on any atom is -0.377 e. The number of nitrogens with one attached hydrogen (secondary N) is 1. The number of rotatable bonds is 5. The predicted molar refractivity (Wildman–Crippen MR) is 70.6 cm³/mol. The van der Waals surface area contributed by atoms with Gasteiger partial charge in [-0.05, 0) is 20.8 Å². The second-order valence-corrected chi connectivity index (χ2v) is 5.64. The lowest BCUT2D eigenvalue weighted by molar-refractivity contribution is 0.0230. The summed E-state index contributed by atoms with van der Waals surface area (Å²) in [5.41, 5.74) is 2.19. The van der Waals surface area contributed by atoms with E-state index in [0.29, 0.717) is 0 Å². The smallest absolute Gasteiger partial charge is 0.194 e. The molecule has 0 amide bonds. The van der Waals surface area contributed by atoms with Crippen LogP contribution in [-0.2, 0) is 11.3 Å². The van der Waals surface area contributed by atoms with Gasteiger partial charge < -0.3 is 10.1 Å². The molecular weight excluding hydrogens is 234 g/mol. The molecule has 2 rings (SSSR count). The van der Waals surface area contributed by atoms with Crippen molar-refractivity contribution in [3.8, 4) is 0 Å². The molecule has 4 nitrogen and oxygen atoms in total. The summed E-state index contributed by atoms with van der Waals surface area (Å²) in [6.07, 6.45) is 2.07. The van der Waals surface area contributed by atoms with E-state index in [-0.39, 0.29) is 5.60 Å². The van der Waals surface area contributed by atoms with Gasteiger partial charge in [0.05, 0.1) is 17.0 Å². The summed E-state index contributed by atoms with van der Waals surface area (Å²) in [7, 11) is 1.74. The number of ether oxygens (including phenoxy) is 1. The van der Waals surface area contributed by atoms with Gasteiger partial charge in [0.25, 0.3) is 0 Å². The fourth-order valence-corrected chi connectivity index (χ4v) is 2.49. The minimum absolute atomic E-state index is 0.133. The molecule has 1 N–H and O–H groups in total. The van der Waals surface area contributed by atoms with Crippen LogP contribution in [0.15, 0.2) is 11.6 Å². The molecule has 0 saturated heterocycles. The maximum absolute atomic E-state index is 5.38. The Morgan fingerprint density at radius 2 is 2.29 bits per heavy atom. The molecule has 0 aliphatic heterocycles. The largest absolute Gasteiger partial charge is 0.377 e. The van der Waals surface area contributed by atoms with E-state index in [2.05, 4.69) is 47.0 Å². The van der Waals surface area contributed by atoms with E-state index in [1.807, 2.05) is 0 Å². The predicted octanol–water partition coefficient (Wildman–Crippen LogP) is 2.22. The van der Waals surface area contributed by atoms with Crippen LogP contribution in [0, 0.1) is 6.92 Å². The van der Waals surface area contributed by atoms with Crippen molar-refractivity contribution < 1.29 is 4.74 Å². The number of aromatic nitrogens is 2. The van der Waals surface area contributed by atoms with Crippen LogP contribution >= 0.6 is 11.3 Å². The molecule has 0 spiro atoms. The van der Waals surface area contributed by atoms with Gasteiger partial charge in [-0.1, -0.05) is 0 Å². The summed E-state index contributed by atoms with van der Waals surface area (Å²) < 4.78 is 7.52. The highest BCUT2D eigenvalue weighted by molar-refractivity contribution is 7.15. The van der Waals surface area contributed by atoms with Crippen molar-refractivity contribution in [1.82, 2.24) is 14.7 Å². The highest BCUT2D eigenvalue weighted by Crippen LogP contribution is 2.16. The molecule has 2 aromatic heterocycles. The summed E-state index contributed by atoms with van der Waals surface area (Å²) in [5, 5.41) is 5.48. The number of hydrogen-bond acceptors (Lipinski definition) is 4. The van der Waals surface area contributed by atoms with Gasteiger partial charge in [0.15, 0.2) is 4.96 Å². The molecule has 0 unspecified atom stereocenters. The summed E-state index contributed by atoms with van der Waals surface area (Å²) >= 11 is 1.67. The van der Waals surface area contributed by atoms with E-state index < -0.39 is 0 Å². The first-order valence-electron chi connectivity index (χ1n) is 5.70. The van der Waals surface area contributed by atoms with Crippen LogP contribution in [0.25, 0.3) is 4.96 Å². The Hall–Kier alpha value is -0.910. The van der Waals surface area contributed by atoms with Crippen molar-refractivity contribution in [3.63, 3.8) is 0 Å². The van der Waals surface area contributed by atoms with Crippen LogP contribution < -0.4 is 5.32 Å². The van der Waals surface area contributed by atoms with Crippen molar-refractivity contribution in [2.24, 2.45) is 0 Å². The number of thiazole rings is 1. The lowest BCUT2D eigenvalue weighted by Gasteiger charge is -2.23. The van der Waals surface area contributed by atoms with E-state index >= 15 is 0 Å². The number of methoxy groups -OCH3 is 1. The average molecular weight is 253 g/mol. The second kappa shape index (κ2) is 4.76. The van der Waals surface area contributed by atoms with Gasteiger partial charge in [-0.25, -0.2) is 4.98 Å². The number of hydrogen-bond donors (Lipinski definition) is 1. The normalized spacial score (nSPS) is 12.5. The first-order valence-corrected chi connectivity index (χ1v) is 6.58. The maximum Gasteiger partial charge on any atom is 0.194 e. The third kappa shape index (κ3) is 2.68. The molecule has 5 heteroatoms. The van der Waals surface area contributed by atoms with Crippen LogP contribution in [0.5, 0.6) is 0 Å². The fraction of sp³-hybridized carbons (Fsp3) is 0.583. The molecule has 94 valence electrons. The van der Waals surface area contributed by atoms with Gasteiger partial charge in [-0.15, -0.1) is 11.3 Å². The molecule has 0 aromatic carbocycles. The molecule has 0 aliphatic carbocycles. The molecular formula is C12H19N3OS. The maximum atomic E-state index is 5.38. The molecule has 17 heavy (non-hydrogen) atoms. The van der Waals surface area contributed by atoms with E-state index in [4.69, 9.17) is 4.74 Å². The van der Waals surface area contributed by atoms with Crippen molar-refractivity contribution in [2.45, 2.75) is 32.9 Å². The van der Waals surface area contributed by atoms with Gasteiger partial charge in [-0.3, -0.25) is 4.40 Å². The Balaban J connectivity index is 2.04. The van der Waals surface area contributed by atoms with Crippen molar-refractivity contribution in [1.29, 1.82) is 0 Å². The van der Waals surface area contributed by atoms with Crippen LogP contribution in [0.2, 0.25) is 0 Å². The Bertz CT molecular complexity index is 501. The number of imidazole rings is 1. The standard InChI is InChI=1S/C12H19N3OS/c1-9-10(7-13-8-12(2,3)16-4)15-5-6-17-11(15)14-9/h5-6,13H,7-8H2,1-4H3. The zero-order chi connectivity index (χ0) is 12.5. The fourth-order valence-electron chi connectivity index (χ4n) is 1.71. The van der Waals surface area contributed by atoms with Crippen molar-refractivity contribution in [2.75, 3.05) is 13.7 Å². The summed E-state index contributed by atoms with van der Waals surface area (Å²) in [4.78, 5) is 5.58. The number of fused-ring (bicyclic) bond motifs is 1. The molecule has 2 heterocycles. The van der Waals surface area contributed by atoms with Gasteiger partial charge in [0.1, 0.15) is 0 Å². The lowest BCUT2D eigenvalue weighted by atomic mass is 10.1. The molecule has 0 radical (unpaired) electrons. The molecule has 0 atom stereocenters. The first kappa shape index (κ1) is 12.5. The second-order valence-electron chi connectivity index (χ2n) is 4.77. The van der Waals surface area contributed by atoms with E-state index in [0.717, 1.165) is 23.7 Å². The average Bonchev–Trinajstić information content (AvgIpc) is 2.81. The van der Waals surface area contributed by atoms with Gasteiger partial charge in [0.2, 0.25) is 0 Å². The molecule has 0 aliphatic rings. The zero-order valence-electron chi connectivity index (χ0n) is 10.8. The van der Waals surface area contributed by atoms with Crippen LogP contribution in [0.1, 0.15) is 25.2 Å². The van der Waals surface area contributed by atoms with Gasteiger partial charge in [0, 0.05) is 31.8 Å². The lowest BCUT2D eigenvalue weighted by Crippen LogP contribution is -2.36. The quantitative estimate of drug-likeness (QED) is 0.888. The SMILES string of the molecule is COC(C)(C)CNCc1c(C)nc2sccn12. The Morgan fingerprint density at radius 1 is 1.53 bits per heavy atom. The van der Waals surface area contributed by atoms with Crippen LogP contribution in [0.4, 0.5) is 0 Å². The molecule has 0 saturated carbocycles. The summed E-state index contributed by atoms with van der Waals surface area (Å²) in [6.45, 7) is 7.84. The van der Waals surface area contributed by atoms with E-state index in [1.165, 1.54) is 5.69 Å². The highest BCUT2D eigenvalue weighted by Gasteiger charge is 2.16. The van der Waals surface area contributed by atoms with Gasteiger partial charge >= 0.3 is 0 Å². The summed E-state index contributed by atoms with van der Waals surface area (Å²) in [5.74, 6) is 0. The highest BCUT2D eigenvalue weighted by atomic mass is 32.1. The Morgan fingerprint density at radius 3 is 3.00 bits per heavy atom. The summed E-state index contributed by atoms with van der Waals surface area (Å²) in [6, 6.07) is 0. The number of nitrogens with zero attached hydrogens (tertiary/aromatic N) is 2. The van der Waals surface area contributed by atoms with E-state index in [9.17, 15) is 0 Å². The molecule has 2 aromatic rings. The third-order valence-corrected chi connectivity index (χ3v) is 3.71. The minimum atomic E-state index is -0.133. The molecule has 0 bridgehead atoms. The van der Waals surface area contributed by atoms with Crippen molar-refractivity contribution in [3.05, 3.63) is 23.0 Å². The van der Waals surface area contributed by atoms with Crippen LogP contribution in [-0.4, -0.2) is 28.6 Å². The topological polar surface area (TPSA) is 38.6 Å². The number of aryl methyl sites for hydroxylation is 1. The zero-order valence-corrected chi connectivity index (χ0v) is 11.6. The van der Waals surface area contributed by atoms with Gasteiger partial charge in [-0.2, -0.15) is 0 Å². The Labute approximate surface area is 106 Å².